The van der Waals surface area contributed by atoms with Gasteiger partial charge in [-0.25, -0.2) is 0 Å². The minimum absolute atomic E-state index is 0.354. The highest BCUT2D eigenvalue weighted by molar-refractivity contribution is 9.10. The van der Waals surface area contributed by atoms with Gasteiger partial charge in [0.1, 0.15) is 5.75 Å². The van der Waals surface area contributed by atoms with Crippen LogP contribution < -0.4 is 10.1 Å². The van der Waals surface area contributed by atoms with Crippen LogP contribution >= 0.6 is 27.3 Å². The molecule has 19 heavy (non-hydrogen) atoms. The molecule has 3 nitrogen and oxygen atoms in total. The molecule has 100 valence electrons. The predicted molar refractivity (Wildman–Crippen MR) is 80.6 cm³/mol. The van der Waals surface area contributed by atoms with Crippen LogP contribution in [0.25, 0.3) is 0 Å². The highest BCUT2D eigenvalue weighted by atomic mass is 79.9. The lowest BCUT2D eigenvalue weighted by molar-refractivity contribution is 0.315. The first kappa shape index (κ1) is 13.1. The average molecular weight is 339 g/mol. The molecule has 0 radical (unpaired) electrons. The lowest BCUT2D eigenvalue weighted by atomic mass is 10.0. The fourth-order valence-electron chi connectivity index (χ4n) is 2.31. The average Bonchev–Trinajstić information content (AvgIpc) is 2.84. The van der Waals surface area contributed by atoms with Crippen LogP contribution in [0.15, 0.2) is 34.4 Å². The Morgan fingerprint density at radius 2 is 2.42 bits per heavy atom. The fourth-order valence-corrected chi connectivity index (χ4v) is 3.20. The van der Waals surface area contributed by atoms with Crippen molar-refractivity contribution in [2.24, 2.45) is 0 Å². The first-order chi connectivity index (χ1) is 9.33. The van der Waals surface area contributed by atoms with Gasteiger partial charge in [0.2, 0.25) is 0 Å². The number of fused-ring (bicyclic) bond motifs is 1. The van der Waals surface area contributed by atoms with Crippen molar-refractivity contribution in [3.63, 3.8) is 0 Å². The summed E-state index contributed by atoms with van der Waals surface area (Å²) in [6.07, 6.45) is 4.10. The molecule has 2 heterocycles. The van der Waals surface area contributed by atoms with Gasteiger partial charge < -0.3 is 10.1 Å². The van der Waals surface area contributed by atoms with Gasteiger partial charge in [0.25, 0.3) is 0 Å². The molecule has 1 atom stereocenters. The predicted octanol–water partition coefficient (Wildman–Crippen LogP) is 3.91. The van der Waals surface area contributed by atoms with Crippen molar-refractivity contribution in [1.29, 1.82) is 0 Å². The molecule has 1 unspecified atom stereocenters. The van der Waals surface area contributed by atoms with Gasteiger partial charge in [-0.3, -0.25) is 4.98 Å². The molecule has 1 aromatic heterocycles. The van der Waals surface area contributed by atoms with Crippen molar-refractivity contribution in [1.82, 2.24) is 10.3 Å². The van der Waals surface area contributed by atoms with E-state index in [1.807, 2.05) is 11.7 Å². The number of benzene rings is 1. The van der Waals surface area contributed by atoms with Crippen LogP contribution in [-0.2, 0) is 6.54 Å². The fraction of sp³-hybridized carbons (Fsp3) is 0.357. The van der Waals surface area contributed by atoms with Gasteiger partial charge in [-0.05, 0) is 25.0 Å². The van der Waals surface area contributed by atoms with E-state index in [-0.39, 0.29) is 0 Å². The number of halogens is 1. The van der Waals surface area contributed by atoms with Crippen LogP contribution in [0.4, 0.5) is 0 Å². The number of nitrogens with one attached hydrogen (secondary N) is 1. The molecule has 0 spiro atoms. The SMILES string of the molecule is Brc1ccc2c(c1)OCCCC2NCc1cncs1. The Bertz CT molecular complexity index is 544. The molecular weight excluding hydrogens is 324 g/mol. The zero-order chi connectivity index (χ0) is 13.1. The van der Waals surface area contributed by atoms with Gasteiger partial charge >= 0.3 is 0 Å². The maximum Gasteiger partial charge on any atom is 0.125 e. The zero-order valence-electron chi connectivity index (χ0n) is 10.4. The summed E-state index contributed by atoms with van der Waals surface area (Å²) < 4.78 is 6.88. The topological polar surface area (TPSA) is 34.1 Å². The van der Waals surface area contributed by atoms with Gasteiger partial charge in [0.05, 0.1) is 12.1 Å². The number of ether oxygens (including phenoxy) is 1. The van der Waals surface area contributed by atoms with Crippen molar-refractivity contribution in [2.75, 3.05) is 6.61 Å². The molecule has 0 saturated carbocycles. The number of hydrogen-bond acceptors (Lipinski definition) is 4. The van der Waals surface area contributed by atoms with E-state index in [1.165, 1.54) is 10.4 Å². The Labute approximate surface area is 125 Å². The standard InChI is InChI=1S/C14H15BrN2OS/c15-10-3-4-12-13(2-1-5-18-14(12)6-10)17-8-11-7-16-9-19-11/h3-4,6-7,9,13,17H,1-2,5,8H2. The molecule has 1 aliphatic heterocycles. The molecule has 0 amide bonds. The molecular formula is C14H15BrN2OS. The molecule has 0 fully saturated rings. The van der Waals surface area contributed by atoms with E-state index >= 15 is 0 Å². The summed E-state index contributed by atoms with van der Waals surface area (Å²) in [7, 11) is 0. The van der Waals surface area contributed by atoms with Gasteiger partial charge in [-0.2, -0.15) is 0 Å². The first-order valence-corrected chi connectivity index (χ1v) is 8.03. The zero-order valence-corrected chi connectivity index (χ0v) is 12.8. The van der Waals surface area contributed by atoms with Crippen molar-refractivity contribution in [3.8, 4) is 5.75 Å². The van der Waals surface area contributed by atoms with Gasteiger partial charge in [0.15, 0.2) is 0 Å². The molecule has 1 aliphatic rings. The highest BCUT2D eigenvalue weighted by Gasteiger charge is 2.19. The van der Waals surface area contributed by atoms with Crippen LogP contribution in [0.2, 0.25) is 0 Å². The summed E-state index contributed by atoms with van der Waals surface area (Å²) >= 11 is 5.19. The van der Waals surface area contributed by atoms with E-state index in [4.69, 9.17) is 4.74 Å². The lowest BCUT2D eigenvalue weighted by Crippen LogP contribution is -2.20. The molecule has 3 rings (SSSR count). The Kier molecular flexibility index (Phi) is 4.15. The van der Waals surface area contributed by atoms with E-state index in [9.17, 15) is 0 Å². The second kappa shape index (κ2) is 6.03. The van der Waals surface area contributed by atoms with E-state index in [0.717, 1.165) is 36.2 Å². The number of rotatable bonds is 3. The maximum absolute atomic E-state index is 5.82. The minimum Gasteiger partial charge on any atom is -0.493 e. The second-order valence-electron chi connectivity index (χ2n) is 4.57. The normalized spacial score (nSPS) is 18.5. The highest BCUT2D eigenvalue weighted by Crippen LogP contribution is 2.33. The Balaban J connectivity index is 1.78. The van der Waals surface area contributed by atoms with Crippen molar-refractivity contribution < 1.29 is 4.74 Å². The van der Waals surface area contributed by atoms with Crippen LogP contribution in [0.1, 0.15) is 29.3 Å². The van der Waals surface area contributed by atoms with Crippen molar-refractivity contribution >= 4 is 27.3 Å². The number of aromatic nitrogens is 1. The van der Waals surface area contributed by atoms with Crippen LogP contribution in [0.5, 0.6) is 5.75 Å². The Morgan fingerprint density at radius 1 is 1.47 bits per heavy atom. The smallest absolute Gasteiger partial charge is 0.125 e. The third-order valence-corrected chi connectivity index (χ3v) is 4.52. The Morgan fingerprint density at radius 3 is 3.26 bits per heavy atom. The molecule has 1 N–H and O–H groups in total. The largest absolute Gasteiger partial charge is 0.493 e. The van der Waals surface area contributed by atoms with Gasteiger partial charge in [-0.1, -0.05) is 22.0 Å². The van der Waals surface area contributed by atoms with Crippen molar-refractivity contribution in [3.05, 3.63) is 44.8 Å². The van der Waals surface area contributed by atoms with E-state index in [2.05, 4.69) is 44.4 Å². The summed E-state index contributed by atoms with van der Waals surface area (Å²) in [5, 5.41) is 3.61. The van der Waals surface area contributed by atoms with Crippen LogP contribution in [0.3, 0.4) is 0 Å². The van der Waals surface area contributed by atoms with E-state index < -0.39 is 0 Å². The van der Waals surface area contributed by atoms with Gasteiger partial charge in [-0.15, -0.1) is 11.3 Å². The number of thiazole rings is 1. The lowest BCUT2D eigenvalue weighted by Gasteiger charge is -2.18. The third-order valence-electron chi connectivity index (χ3n) is 3.25. The maximum atomic E-state index is 5.82. The summed E-state index contributed by atoms with van der Waals surface area (Å²) in [4.78, 5) is 5.38. The molecule has 0 saturated heterocycles. The second-order valence-corrected chi connectivity index (χ2v) is 6.46. The molecule has 2 aromatic rings. The first-order valence-electron chi connectivity index (χ1n) is 6.36. The van der Waals surface area contributed by atoms with Gasteiger partial charge in [0, 0.05) is 33.7 Å². The summed E-state index contributed by atoms with van der Waals surface area (Å²) in [5.74, 6) is 0.994. The van der Waals surface area contributed by atoms with Crippen molar-refractivity contribution in [2.45, 2.75) is 25.4 Å². The van der Waals surface area contributed by atoms with Crippen LogP contribution in [0, 0.1) is 0 Å². The molecule has 0 bridgehead atoms. The summed E-state index contributed by atoms with van der Waals surface area (Å²) in [6, 6.07) is 6.64. The quantitative estimate of drug-likeness (QED) is 0.921. The molecule has 1 aromatic carbocycles. The minimum atomic E-state index is 0.354. The number of hydrogen-bond donors (Lipinski definition) is 1. The monoisotopic (exact) mass is 338 g/mol. The summed E-state index contributed by atoms with van der Waals surface area (Å²) in [5.41, 5.74) is 3.13. The Hall–Kier alpha value is -0.910. The van der Waals surface area contributed by atoms with E-state index in [1.54, 1.807) is 11.3 Å². The summed E-state index contributed by atoms with van der Waals surface area (Å²) in [6.45, 7) is 1.66. The third kappa shape index (κ3) is 3.16. The molecule has 5 heteroatoms. The molecule has 0 aliphatic carbocycles. The van der Waals surface area contributed by atoms with E-state index in [0.29, 0.717) is 6.04 Å². The van der Waals surface area contributed by atoms with Crippen LogP contribution in [-0.4, -0.2) is 11.6 Å². The number of nitrogens with zero attached hydrogens (tertiary/aromatic N) is 1.